The van der Waals surface area contributed by atoms with E-state index >= 15 is 0 Å². The second-order valence-corrected chi connectivity index (χ2v) is 9.86. The van der Waals surface area contributed by atoms with Crippen LogP contribution in [0.25, 0.3) is 0 Å². The highest BCUT2D eigenvalue weighted by atomic mass is 32.2. The minimum absolute atomic E-state index is 0.0103. The van der Waals surface area contributed by atoms with E-state index in [4.69, 9.17) is 4.52 Å². The zero-order valence-corrected chi connectivity index (χ0v) is 16.6. The first-order chi connectivity index (χ1) is 13.5. The highest BCUT2D eigenvalue weighted by molar-refractivity contribution is 7.91. The largest absolute Gasteiger partial charge is 0.342 e. The summed E-state index contributed by atoms with van der Waals surface area (Å²) in [4.78, 5) is 19.1. The van der Waals surface area contributed by atoms with Gasteiger partial charge >= 0.3 is 0 Å². The van der Waals surface area contributed by atoms with E-state index in [1.54, 1.807) is 35.2 Å². The van der Waals surface area contributed by atoms with Gasteiger partial charge in [0.1, 0.15) is 0 Å². The van der Waals surface area contributed by atoms with Crippen LogP contribution in [0.15, 0.2) is 39.8 Å². The highest BCUT2D eigenvalue weighted by Gasteiger charge is 2.30. The van der Waals surface area contributed by atoms with Crippen LogP contribution in [0.5, 0.6) is 0 Å². The Morgan fingerprint density at radius 3 is 2.71 bits per heavy atom. The third-order valence-corrected chi connectivity index (χ3v) is 7.18. The van der Waals surface area contributed by atoms with Gasteiger partial charge in [-0.3, -0.25) is 4.79 Å². The first-order valence-corrected chi connectivity index (χ1v) is 11.5. The maximum atomic E-state index is 12.6. The Balaban J connectivity index is 1.30. The smallest absolute Gasteiger partial charge is 0.226 e. The number of carbonyl (C=O) groups excluding carboxylic acids is 1. The fraction of sp³-hybridized carbons (Fsp3) is 0.550. The molecule has 1 saturated carbocycles. The number of nitrogens with zero attached hydrogens (tertiary/aromatic N) is 3. The molecule has 8 heteroatoms. The van der Waals surface area contributed by atoms with Gasteiger partial charge in [-0.15, -0.1) is 0 Å². The number of likely N-dealkylation sites (tertiary alicyclic amines) is 1. The van der Waals surface area contributed by atoms with E-state index in [-0.39, 0.29) is 28.9 Å². The Kier molecular flexibility index (Phi) is 5.48. The fourth-order valence-corrected chi connectivity index (χ4v) is 4.94. The zero-order chi connectivity index (χ0) is 19.6. The third-order valence-electron chi connectivity index (χ3n) is 5.45. The van der Waals surface area contributed by atoms with Crippen molar-refractivity contribution in [2.45, 2.75) is 49.3 Å². The molecule has 150 valence electrons. The van der Waals surface area contributed by atoms with E-state index in [0.717, 1.165) is 31.5 Å². The number of amides is 1. The molecule has 0 spiro atoms. The lowest BCUT2D eigenvalue weighted by atomic mass is 9.94. The fourth-order valence-electron chi connectivity index (χ4n) is 3.69. The van der Waals surface area contributed by atoms with Crippen molar-refractivity contribution in [3.05, 3.63) is 42.0 Å². The number of hydrogen-bond acceptors (Lipinski definition) is 6. The topological polar surface area (TPSA) is 93.4 Å². The molecule has 1 aromatic heterocycles. The quantitative estimate of drug-likeness (QED) is 0.705. The maximum absolute atomic E-state index is 12.6. The SMILES string of the molecule is O=C(CCS(=O)(=O)c1ccccc1)N1CCC[C@H](Cc2nc(C3CC3)no2)C1. The van der Waals surface area contributed by atoms with Gasteiger partial charge in [-0.2, -0.15) is 4.98 Å². The minimum atomic E-state index is -3.44. The Hall–Kier alpha value is -2.22. The first kappa shape index (κ1) is 19.1. The van der Waals surface area contributed by atoms with E-state index in [1.165, 1.54) is 0 Å². The number of carbonyl (C=O) groups is 1. The van der Waals surface area contributed by atoms with Gasteiger partial charge in [-0.05, 0) is 43.7 Å². The molecule has 1 amide bonds. The Morgan fingerprint density at radius 1 is 1.18 bits per heavy atom. The highest BCUT2D eigenvalue weighted by Crippen LogP contribution is 2.38. The number of aromatic nitrogens is 2. The Bertz CT molecular complexity index is 922. The second kappa shape index (κ2) is 8.03. The van der Waals surface area contributed by atoms with Crippen molar-refractivity contribution in [3.63, 3.8) is 0 Å². The van der Waals surface area contributed by atoms with E-state index in [9.17, 15) is 13.2 Å². The lowest BCUT2D eigenvalue weighted by molar-refractivity contribution is -0.132. The molecule has 0 radical (unpaired) electrons. The van der Waals surface area contributed by atoms with Crippen LogP contribution in [-0.2, 0) is 21.1 Å². The molecule has 1 saturated heterocycles. The summed E-state index contributed by atoms with van der Waals surface area (Å²) in [5, 5.41) is 4.05. The van der Waals surface area contributed by atoms with Gasteiger partial charge in [0, 0.05) is 31.8 Å². The number of sulfone groups is 1. The van der Waals surface area contributed by atoms with Gasteiger partial charge in [-0.1, -0.05) is 23.4 Å². The van der Waals surface area contributed by atoms with Crippen LogP contribution in [0.3, 0.4) is 0 Å². The molecule has 1 atom stereocenters. The van der Waals surface area contributed by atoms with Crippen molar-refractivity contribution in [2.24, 2.45) is 5.92 Å². The molecule has 28 heavy (non-hydrogen) atoms. The van der Waals surface area contributed by atoms with Crippen molar-refractivity contribution >= 4 is 15.7 Å². The number of rotatable bonds is 7. The molecule has 2 fully saturated rings. The summed E-state index contributed by atoms with van der Waals surface area (Å²) in [6.07, 6.45) is 4.87. The molecule has 0 unspecified atom stereocenters. The molecule has 2 aromatic rings. The predicted octanol–water partition coefficient (Wildman–Crippen LogP) is 2.59. The van der Waals surface area contributed by atoms with Crippen molar-refractivity contribution in [3.8, 4) is 0 Å². The summed E-state index contributed by atoms with van der Waals surface area (Å²) in [5.74, 6) is 1.93. The van der Waals surface area contributed by atoms with Crippen LogP contribution in [-0.4, -0.2) is 48.2 Å². The van der Waals surface area contributed by atoms with Crippen LogP contribution >= 0.6 is 0 Å². The lowest BCUT2D eigenvalue weighted by Crippen LogP contribution is -2.41. The third kappa shape index (κ3) is 4.60. The summed E-state index contributed by atoms with van der Waals surface area (Å²) in [7, 11) is -3.44. The molecular weight excluding hydrogens is 378 g/mol. The molecule has 1 aliphatic heterocycles. The first-order valence-electron chi connectivity index (χ1n) is 9.89. The number of piperidine rings is 1. The summed E-state index contributed by atoms with van der Waals surface area (Å²) < 4.78 is 30.1. The molecule has 4 rings (SSSR count). The number of benzene rings is 1. The summed E-state index contributed by atoms with van der Waals surface area (Å²) in [6.45, 7) is 1.29. The zero-order valence-electron chi connectivity index (χ0n) is 15.8. The van der Waals surface area contributed by atoms with Crippen molar-refractivity contribution < 1.29 is 17.7 Å². The van der Waals surface area contributed by atoms with Crippen LogP contribution in [0.2, 0.25) is 0 Å². The summed E-state index contributed by atoms with van der Waals surface area (Å²) in [6, 6.07) is 8.29. The van der Waals surface area contributed by atoms with Gasteiger partial charge in [0.05, 0.1) is 10.6 Å². The van der Waals surface area contributed by atoms with Crippen LogP contribution in [0, 0.1) is 5.92 Å². The van der Waals surface area contributed by atoms with E-state index in [1.807, 2.05) is 0 Å². The number of hydrogen-bond donors (Lipinski definition) is 0. The maximum Gasteiger partial charge on any atom is 0.226 e. The molecule has 1 aliphatic carbocycles. The molecule has 0 bridgehead atoms. The van der Waals surface area contributed by atoms with Crippen molar-refractivity contribution in [1.29, 1.82) is 0 Å². The summed E-state index contributed by atoms with van der Waals surface area (Å²) >= 11 is 0. The standard InChI is InChI=1S/C20H25N3O4S/c24-19(10-12-28(25,26)17-6-2-1-3-7-17)23-11-4-5-15(14-23)13-18-21-20(22-27-18)16-8-9-16/h1-3,6-7,15-16H,4-5,8-14H2/t15-/m1/s1. The van der Waals surface area contributed by atoms with Gasteiger partial charge in [0.25, 0.3) is 0 Å². The van der Waals surface area contributed by atoms with Crippen LogP contribution in [0.4, 0.5) is 0 Å². The molecular formula is C20H25N3O4S. The van der Waals surface area contributed by atoms with Gasteiger partial charge in [-0.25, -0.2) is 8.42 Å². The molecule has 0 N–H and O–H groups in total. The minimum Gasteiger partial charge on any atom is -0.342 e. The van der Waals surface area contributed by atoms with Crippen LogP contribution in [0.1, 0.15) is 49.7 Å². The van der Waals surface area contributed by atoms with E-state index < -0.39 is 9.84 Å². The molecule has 2 heterocycles. The average molecular weight is 404 g/mol. The molecule has 1 aromatic carbocycles. The second-order valence-electron chi connectivity index (χ2n) is 7.75. The normalized spacial score (nSPS) is 20.3. The van der Waals surface area contributed by atoms with Crippen molar-refractivity contribution in [1.82, 2.24) is 15.0 Å². The molecule has 7 nitrogen and oxygen atoms in total. The summed E-state index contributed by atoms with van der Waals surface area (Å²) in [5.41, 5.74) is 0. The van der Waals surface area contributed by atoms with E-state index in [0.29, 0.717) is 31.3 Å². The van der Waals surface area contributed by atoms with Crippen molar-refractivity contribution in [2.75, 3.05) is 18.8 Å². The van der Waals surface area contributed by atoms with E-state index in [2.05, 4.69) is 10.1 Å². The lowest BCUT2D eigenvalue weighted by Gasteiger charge is -2.32. The van der Waals surface area contributed by atoms with Gasteiger partial charge in [0.15, 0.2) is 15.7 Å². The Labute approximate surface area is 165 Å². The monoisotopic (exact) mass is 403 g/mol. The molecule has 2 aliphatic rings. The van der Waals surface area contributed by atoms with Gasteiger partial charge in [0.2, 0.25) is 11.8 Å². The predicted molar refractivity (Wildman–Crippen MR) is 102 cm³/mol. The average Bonchev–Trinajstić information content (AvgIpc) is 3.46. The van der Waals surface area contributed by atoms with Crippen LogP contribution < -0.4 is 0 Å². The van der Waals surface area contributed by atoms with Gasteiger partial charge < -0.3 is 9.42 Å². The Morgan fingerprint density at radius 2 is 1.96 bits per heavy atom.